The lowest BCUT2D eigenvalue weighted by molar-refractivity contribution is 0.530. The van der Waals surface area contributed by atoms with Crippen LogP contribution in [0.3, 0.4) is 0 Å². The van der Waals surface area contributed by atoms with Crippen LogP contribution in [0.15, 0.2) is 41.1 Å². The lowest BCUT2D eigenvalue weighted by Crippen LogP contribution is -1.96. The van der Waals surface area contributed by atoms with E-state index in [-0.39, 0.29) is 0 Å². The highest BCUT2D eigenvalue weighted by Gasteiger charge is 2.02. The van der Waals surface area contributed by atoms with Crippen molar-refractivity contribution in [1.82, 2.24) is 4.98 Å². The Kier molecular flexibility index (Phi) is 3.88. The Morgan fingerprint density at radius 3 is 3.00 bits per heavy atom. The SMILES string of the molecule is CNc1ncccc1CSCc1ccco1. The number of furan rings is 1. The summed E-state index contributed by atoms with van der Waals surface area (Å²) in [6, 6.07) is 7.96. The van der Waals surface area contributed by atoms with Gasteiger partial charge in [-0.15, -0.1) is 11.8 Å². The molecule has 84 valence electrons. The van der Waals surface area contributed by atoms with Gasteiger partial charge < -0.3 is 9.73 Å². The summed E-state index contributed by atoms with van der Waals surface area (Å²) >= 11 is 1.82. The van der Waals surface area contributed by atoms with E-state index in [0.717, 1.165) is 23.1 Å². The molecule has 0 fully saturated rings. The average Bonchev–Trinajstić information content (AvgIpc) is 2.83. The number of aromatic nitrogens is 1. The minimum absolute atomic E-state index is 0.894. The number of pyridine rings is 1. The van der Waals surface area contributed by atoms with E-state index in [1.807, 2.05) is 37.0 Å². The summed E-state index contributed by atoms with van der Waals surface area (Å²) in [4.78, 5) is 4.26. The quantitative estimate of drug-likeness (QED) is 0.862. The highest BCUT2D eigenvalue weighted by Crippen LogP contribution is 2.21. The maximum atomic E-state index is 5.28. The zero-order chi connectivity index (χ0) is 11.2. The van der Waals surface area contributed by atoms with Gasteiger partial charge in [-0.25, -0.2) is 4.98 Å². The molecular formula is C12H14N2OS. The van der Waals surface area contributed by atoms with Gasteiger partial charge in [0.25, 0.3) is 0 Å². The minimum atomic E-state index is 0.894. The molecule has 0 aromatic carbocycles. The summed E-state index contributed by atoms with van der Waals surface area (Å²) in [5.41, 5.74) is 1.22. The number of hydrogen-bond donors (Lipinski definition) is 1. The molecule has 0 bridgehead atoms. The summed E-state index contributed by atoms with van der Waals surface area (Å²) in [6.07, 6.45) is 3.51. The summed E-state index contributed by atoms with van der Waals surface area (Å²) in [6.45, 7) is 0. The zero-order valence-corrected chi connectivity index (χ0v) is 9.96. The second kappa shape index (κ2) is 5.61. The molecule has 0 saturated heterocycles. The molecule has 0 radical (unpaired) electrons. The molecule has 2 aromatic rings. The molecule has 2 aromatic heterocycles. The van der Waals surface area contributed by atoms with Crippen molar-refractivity contribution in [1.29, 1.82) is 0 Å². The second-order valence-electron chi connectivity index (χ2n) is 3.33. The molecule has 4 heteroatoms. The summed E-state index contributed by atoms with van der Waals surface area (Å²) in [5.74, 6) is 3.80. The molecule has 16 heavy (non-hydrogen) atoms. The third kappa shape index (κ3) is 2.79. The van der Waals surface area contributed by atoms with Gasteiger partial charge in [-0.2, -0.15) is 0 Å². The van der Waals surface area contributed by atoms with Crippen molar-refractivity contribution in [3.63, 3.8) is 0 Å². The van der Waals surface area contributed by atoms with Gasteiger partial charge in [0.2, 0.25) is 0 Å². The Labute approximate surface area is 99.3 Å². The van der Waals surface area contributed by atoms with Gasteiger partial charge in [-0.05, 0) is 18.2 Å². The number of nitrogens with one attached hydrogen (secondary N) is 1. The number of anilines is 1. The van der Waals surface area contributed by atoms with E-state index in [4.69, 9.17) is 4.42 Å². The second-order valence-corrected chi connectivity index (χ2v) is 4.32. The fraction of sp³-hybridized carbons (Fsp3) is 0.250. The summed E-state index contributed by atoms with van der Waals surface area (Å²) < 4.78 is 5.28. The smallest absolute Gasteiger partial charge is 0.129 e. The third-order valence-electron chi connectivity index (χ3n) is 2.21. The van der Waals surface area contributed by atoms with Crippen molar-refractivity contribution in [3.05, 3.63) is 48.0 Å². The van der Waals surface area contributed by atoms with Crippen LogP contribution in [0.25, 0.3) is 0 Å². The Morgan fingerprint density at radius 2 is 2.25 bits per heavy atom. The van der Waals surface area contributed by atoms with E-state index in [2.05, 4.69) is 16.4 Å². The Bertz CT molecular complexity index is 428. The van der Waals surface area contributed by atoms with Crippen molar-refractivity contribution in [3.8, 4) is 0 Å². The molecule has 0 unspecified atom stereocenters. The Morgan fingerprint density at radius 1 is 1.31 bits per heavy atom. The Hall–Kier alpha value is -1.42. The van der Waals surface area contributed by atoms with Crippen LogP contribution in [0.5, 0.6) is 0 Å². The topological polar surface area (TPSA) is 38.1 Å². The van der Waals surface area contributed by atoms with Crippen molar-refractivity contribution < 1.29 is 4.42 Å². The molecule has 3 nitrogen and oxygen atoms in total. The normalized spacial score (nSPS) is 10.3. The maximum Gasteiger partial charge on any atom is 0.129 e. The van der Waals surface area contributed by atoms with Gasteiger partial charge in [0.05, 0.1) is 12.0 Å². The molecule has 2 rings (SSSR count). The molecule has 0 aliphatic rings. The van der Waals surface area contributed by atoms with Gasteiger partial charge in [0.15, 0.2) is 0 Å². The summed E-state index contributed by atoms with van der Waals surface area (Å²) in [7, 11) is 1.89. The van der Waals surface area contributed by atoms with Gasteiger partial charge in [-0.3, -0.25) is 0 Å². The van der Waals surface area contributed by atoms with Gasteiger partial charge in [0, 0.05) is 24.6 Å². The fourth-order valence-electron chi connectivity index (χ4n) is 1.44. The van der Waals surface area contributed by atoms with Crippen LogP contribution < -0.4 is 5.32 Å². The van der Waals surface area contributed by atoms with Gasteiger partial charge in [0.1, 0.15) is 11.6 Å². The number of thioether (sulfide) groups is 1. The molecule has 0 aliphatic heterocycles. The maximum absolute atomic E-state index is 5.28. The molecule has 1 N–H and O–H groups in total. The van der Waals surface area contributed by atoms with Crippen LogP contribution >= 0.6 is 11.8 Å². The highest BCUT2D eigenvalue weighted by atomic mass is 32.2. The van der Waals surface area contributed by atoms with Gasteiger partial charge >= 0.3 is 0 Å². The van der Waals surface area contributed by atoms with E-state index < -0.39 is 0 Å². The van der Waals surface area contributed by atoms with Crippen LogP contribution in [0, 0.1) is 0 Å². The third-order valence-corrected chi connectivity index (χ3v) is 3.21. The van der Waals surface area contributed by atoms with E-state index in [0.29, 0.717) is 0 Å². The predicted molar refractivity (Wildman–Crippen MR) is 67.5 cm³/mol. The Balaban J connectivity index is 1.89. The molecule has 0 saturated carbocycles. The average molecular weight is 234 g/mol. The van der Waals surface area contributed by atoms with Crippen LogP contribution in [0.2, 0.25) is 0 Å². The molecular weight excluding hydrogens is 220 g/mol. The molecule has 0 aliphatic carbocycles. The number of rotatable bonds is 5. The first-order chi connectivity index (χ1) is 7.90. The van der Waals surface area contributed by atoms with Crippen LogP contribution in [0.4, 0.5) is 5.82 Å². The summed E-state index contributed by atoms with van der Waals surface area (Å²) in [5, 5.41) is 3.09. The molecule has 0 spiro atoms. The minimum Gasteiger partial charge on any atom is -0.468 e. The van der Waals surface area contributed by atoms with Crippen LogP contribution in [-0.4, -0.2) is 12.0 Å². The van der Waals surface area contributed by atoms with Crippen molar-refractivity contribution >= 4 is 17.6 Å². The first kappa shape index (κ1) is 11.1. The van der Waals surface area contributed by atoms with E-state index in [1.165, 1.54) is 5.56 Å². The first-order valence-corrected chi connectivity index (χ1v) is 6.27. The monoisotopic (exact) mass is 234 g/mol. The van der Waals surface area contributed by atoms with Crippen LogP contribution in [-0.2, 0) is 11.5 Å². The standard InChI is InChI=1S/C12H14N2OS/c1-13-12-10(4-2-6-14-12)8-16-9-11-5-3-7-15-11/h2-7H,8-9H2,1H3,(H,13,14). The van der Waals surface area contributed by atoms with Crippen molar-refractivity contribution in [2.75, 3.05) is 12.4 Å². The highest BCUT2D eigenvalue weighted by molar-refractivity contribution is 7.97. The molecule has 0 amide bonds. The number of hydrogen-bond acceptors (Lipinski definition) is 4. The van der Waals surface area contributed by atoms with Crippen LogP contribution in [0.1, 0.15) is 11.3 Å². The van der Waals surface area contributed by atoms with E-state index >= 15 is 0 Å². The van der Waals surface area contributed by atoms with Gasteiger partial charge in [-0.1, -0.05) is 6.07 Å². The molecule has 2 heterocycles. The van der Waals surface area contributed by atoms with Crippen molar-refractivity contribution in [2.45, 2.75) is 11.5 Å². The number of nitrogens with zero attached hydrogens (tertiary/aromatic N) is 1. The lowest BCUT2D eigenvalue weighted by atomic mass is 10.3. The zero-order valence-electron chi connectivity index (χ0n) is 9.14. The predicted octanol–water partition coefficient (Wildman–Crippen LogP) is 3.15. The van der Waals surface area contributed by atoms with Crippen molar-refractivity contribution in [2.24, 2.45) is 0 Å². The van der Waals surface area contributed by atoms with E-state index in [9.17, 15) is 0 Å². The lowest BCUT2D eigenvalue weighted by Gasteiger charge is -2.06. The first-order valence-electron chi connectivity index (χ1n) is 5.12. The molecule has 0 atom stereocenters. The largest absolute Gasteiger partial charge is 0.468 e. The van der Waals surface area contributed by atoms with E-state index in [1.54, 1.807) is 12.5 Å². The fourth-order valence-corrected chi connectivity index (χ4v) is 2.36.